The Labute approximate surface area is 138 Å². The van der Waals surface area contributed by atoms with Gasteiger partial charge in [-0.15, -0.1) is 0 Å². The van der Waals surface area contributed by atoms with Crippen LogP contribution >= 0.6 is 11.6 Å². The molecule has 0 unspecified atom stereocenters. The standard InChI is InChI=1S/C18H16ClNO3/c1-10-16(11-5-4-6-12(19)7-11)18(21)20-14-8-13(22-2)9-15(23-3)17(10)14/h4-9H,1-3H3,(H,20,21). The number of methoxy groups -OCH3 is 2. The second-order valence-corrected chi connectivity index (χ2v) is 5.65. The number of pyridine rings is 1. The molecule has 0 bridgehead atoms. The molecule has 2 aromatic carbocycles. The first-order valence-corrected chi connectivity index (χ1v) is 7.47. The van der Waals surface area contributed by atoms with E-state index in [1.54, 1.807) is 38.5 Å². The van der Waals surface area contributed by atoms with Crippen molar-refractivity contribution in [3.05, 3.63) is 57.3 Å². The van der Waals surface area contributed by atoms with Crippen LogP contribution in [0.4, 0.5) is 0 Å². The summed E-state index contributed by atoms with van der Waals surface area (Å²) in [5.41, 5.74) is 2.70. The van der Waals surface area contributed by atoms with Crippen molar-refractivity contribution in [3.63, 3.8) is 0 Å². The molecule has 0 spiro atoms. The molecule has 1 aromatic heterocycles. The highest BCUT2D eigenvalue weighted by Gasteiger charge is 2.16. The van der Waals surface area contributed by atoms with Gasteiger partial charge >= 0.3 is 0 Å². The smallest absolute Gasteiger partial charge is 0.256 e. The van der Waals surface area contributed by atoms with E-state index < -0.39 is 0 Å². The maximum Gasteiger partial charge on any atom is 0.256 e. The molecule has 118 valence electrons. The van der Waals surface area contributed by atoms with Crippen LogP contribution in [0.5, 0.6) is 11.5 Å². The quantitative estimate of drug-likeness (QED) is 0.784. The van der Waals surface area contributed by atoms with E-state index in [9.17, 15) is 4.79 Å². The van der Waals surface area contributed by atoms with Crippen LogP contribution in [0.3, 0.4) is 0 Å². The van der Waals surface area contributed by atoms with Gasteiger partial charge in [-0.25, -0.2) is 0 Å². The number of hydrogen-bond donors (Lipinski definition) is 1. The van der Waals surface area contributed by atoms with Crippen LogP contribution in [0.25, 0.3) is 22.0 Å². The third-order valence-electron chi connectivity index (χ3n) is 3.87. The highest BCUT2D eigenvalue weighted by atomic mass is 35.5. The summed E-state index contributed by atoms with van der Waals surface area (Å²) < 4.78 is 10.7. The van der Waals surface area contributed by atoms with Crippen LogP contribution in [0.15, 0.2) is 41.2 Å². The molecule has 0 aliphatic carbocycles. The van der Waals surface area contributed by atoms with Gasteiger partial charge in [0.15, 0.2) is 0 Å². The molecule has 0 radical (unpaired) electrons. The molecular formula is C18H16ClNO3. The molecular weight excluding hydrogens is 314 g/mol. The van der Waals surface area contributed by atoms with Crippen LogP contribution in [0.2, 0.25) is 5.02 Å². The third kappa shape index (κ3) is 2.66. The van der Waals surface area contributed by atoms with Gasteiger partial charge in [-0.05, 0) is 30.2 Å². The number of H-pyrrole nitrogens is 1. The molecule has 1 heterocycles. The zero-order chi connectivity index (χ0) is 16.6. The molecule has 0 aliphatic heterocycles. The normalized spacial score (nSPS) is 10.8. The van der Waals surface area contributed by atoms with Crippen LogP contribution in [-0.4, -0.2) is 19.2 Å². The average Bonchev–Trinajstić information content (AvgIpc) is 2.53. The van der Waals surface area contributed by atoms with Crippen molar-refractivity contribution < 1.29 is 9.47 Å². The van der Waals surface area contributed by atoms with Crippen LogP contribution in [0.1, 0.15) is 5.56 Å². The Morgan fingerprint density at radius 1 is 1.09 bits per heavy atom. The predicted octanol–water partition coefficient (Wildman–Crippen LogP) is 4.17. The molecule has 0 fully saturated rings. The first kappa shape index (κ1) is 15.4. The number of aromatic amines is 1. The molecule has 0 atom stereocenters. The second-order valence-electron chi connectivity index (χ2n) is 5.22. The molecule has 23 heavy (non-hydrogen) atoms. The number of benzene rings is 2. The molecule has 1 N–H and O–H groups in total. The van der Waals surface area contributed by atoms with Gasteiger partial charge < -0.3 is 14.5 Å². The van der Waals surface area contributed by atoms with Crippen molar-refractivity contribution in [3.8, 4) is 22.6 Å². The Hall–Kier alpha value is -2.46. The minimum absolute atomic E-state index is 0.174. The van der Waals surface area contributed by atoms with Crippen molar-refractivity contribution in [2.24, 2.45) is 0 Å². The molecule has 0 aliphatic rings. The summed E-state index contributed by atoms with van der Waals surface area (Å²) >= 11 is 6.06. The third-order valence-corrected chi connectivity index (χ3v) is 4.10. The van der Waals surface area contributed by atoms with Crippen LogP contribution < -0.4 is 15.0 Å². The minimum Gasteiger partial charge on any atom is -0.497 e. The maximum absolute atomic E-state index is 12.6. The summed E-state index contributed by atoms with van der Waals surface area (Å²) in [4.78, 5) is 15.5. The first-order chi connectivity index (χ1) is 11.0. The van der Waals surface area contributed by atoms with E-state index in [0.717, 1.165) is 16.5 Å². The molecule has 3 aromatic rings. The Bertz CT molecular complexity index is 947. The molecule has 3 rings (SSSR count). The lowest BCUT2D eigenvalue weighted by atomic mass is 9.98. The SMILES string of the molecule is COc1cc(OC)c2c(C)c(-c3cccc(Cl)c3)c(=O)[nH]c2c1. The predicted molar refractivity (Wildman–Crippen MR) is 92.9 cm³/mol. The van der Waals surface area contributed by atoms with Gasteiger partial charge in [-0.2, -0.15) is 0 Å². The summed E-state index contributed by atoms with van der Waals surface area (Å²) in [6, 6.07) is 10.8. The van der Waals surface area contributed by atoms with Gasteiger partial charge in [0.2, 0.25) is 0 Å². The number of aromatic nitrogens is 1. The van der Waals surface area contributed by atoms with Crippen molar-refractivity contribution in [1.82, 2.24) is 4.98 Å². The monoisotopic (exact) mass is 329 g/mol. The van der Waals surface area contributed by atoms with E-state index in [4.69, 9.17) is 21.1 Å². The number of rotatable bonds is 3. The highest BCUT2D eigenvalue weighted by Crippen LogP contribution is 2.35. The maximum atomic E-state index is 12.6. The number of hydrogen-bond acceptors (Lipinski definition) is 3. The van der Waals surface area contributed by atoms with Crippen molar-refractivity contribution >= 4 is 22.5 Å². The summed E-state index contributed by atoms with van der Waals surface area (Å²) in [6.45, 7) is 1.91. The van der Waals surface area contributed by atoms with E-state index in [2.05, 4.69) is 4.98 Å². The average molecular weight is 330 g/mol. The number of nitrogens with one attached hydrogen (secondary N) is 1. The van der Waals surface area contributed by atoms with E-state index in [1.165, 1.54) is 0 Å². The van der Waals surface area contributed by atoms with Gasteiger partial charge in [0, 0.05) is 22.5 Å². The molecule has 4 nitrogen and oxygen atoms in total. The lowest BCUT2D eigenvalue weighted by Gasteiger charge is -2.14. The molecule has 0 saturated heterocycles. The van der Waals surface area contributed by atoms with Gasteiger partial charge in [-0.3, -0.25) is 4.79 Å². The zero-order valence-electron chi connectivity index (χ0n) is 13.1. The summed E-state index contributed by atoms with van der Waals surface area (Å²) in [5, 5.41) is 1.44. The van der Waals surface area contributed by atoms with Crippen LogP contribution in [-0.2, 0) is 0 Å². The van der Waals surface area contributed by atoms with E-state index in [-0.39, 0.29) is 5.56 Å². The largest absolute Gasteiger partial charge is 0.497 e. The number of halogens is 1. The number of ether oxygens (including phenoxy) is 2. The van der Waals surface area contributed by atoms with Gasteiger partial charge in [0.25, 0.3) is 5.56 Å². The van der Waals surface area contributed by atoms with Crippen LogP contribution in [0, 0.1) is 6.92 Å². The van der Waals surface area contributed by atoms with Crippen molar-refractivity contribution in [2.75, 3.05) is 14.2 Å². The lowest BCUT2D eigenvalue weighted by molar-refractivity contribution is 0.397. The van der Waals surface area contributed by atoms with Crippen molar-refractivity contribution in [1.29, 1.82) is 0 Å². The molecule has 0 saturated carbocycles. The number of aryl methyl sites for hydroxylation is 1. The van der Waals surface area contributed by atoms with Gasteiger partial charge in [-0.1, -0.05) is 23.7 Å². The molecule has 0 amide bonds. The Kier molecular flexibility index (Phi) is 4.01. The summed E-state index contributed by atoms with van der Waals surface area (Å²) in [6.07, 6.45) is 0. The zero-order valence-corrected chi connectivity index (χ0v) is 13.8. The number of fused-ring (bicyclic) bond motifs is 1. The van der Waals surface area contributed by atoms with Crippen molar-refractivity contribution in [2.45, 2.75) is 6.92 Å². The highest BCUT2D eigenvalue weighted by molar-refractivity contribution is 6.30. The summed E-state index contributed by atoms with van der Waals surface area (Å²) in [7, 11) is 3.17. The van der Waals surface area contributed by atoms with Gasteiger partial charge in [0.1, 0.15) is 11.5 Å². The van der Waals surface area contributed by atoms with E-state index in [1.807, 2.05) is 19.1 Å². The lowest BCUT2D eigenvalue weighted by Crippen LogP contribution is -2.12. The molecule has 5 heteroatoms. The fourth-order valence-electron chi connectivity index (χ4n) is 2.83. The second kappa shape index (κ2) is 5.97. The Morgan fingerprint density at radius 3 is 2.52 bits per heavy atom. The van der Waals surface area contributed by atoms with Gasteiger partial charge in [0.05, 0.1) is 25.3 Å². The van der Waals surface area contributed by atoms with E-state index >= 15 is 0 Å². The summed E-state index contributed by atoms with van der Waals surface area (Å²) in [5.74, 6) is 1.27. The topological polar surface area (TPSA) is 51.3 Å². The minimum atomic E-state index is -0.174. The van der Waals surface area contributed by atoms with E-state index in [0.29, 0.717) is 27.6 Å². The first-order valence-electron chi connectivity index (χ1n) is 7.09. The fraction of sp³-hybridized carbons (Fsp3) is 0.167. The Balaban J connectivity index is 2.40. The Morgan fingerprint density at radius 2 is 1.87 bits per heavy atom. The fourth-order valence-corrected chi connectivity index (χ4v) is 3.02.